The van der Waals surface area contributed by atoms with Gasteiger partial charge in [-0.3, -0.25) is 0 Å². The van der Waals surface area contributed by atoms with Crippen molar-refractivity contribution >= 4 is 5.97 Å². The first-order valence-electron chi connectivity index (χ1n) is 14.2. The van der Waals surface area contributed by atoms with Crippen LogP contribution in [0.25, 0.3) is 0 Å². The summed E-state index contributed by atoms with van der Waals surface area (Å²) < 4.78 is 39.1. The van der Waals surface area contributed by atoms with Gasteiger partial charge in [-0.1, -0.05) is 91.0 Å². The van der Waals surface area contributed by atoms with Crippen LogP contribution in [0.2, 0.25) is 0 Å². The number of hydrogen-bond acceptors (Lipinski definition) is 8. The van der Waals surface area contributed by atoms with E-state index in [4.69, 9.17) is 38.3 Å². The zero-order chi connectivity index (χ0) is 29.6. The summed E-state index contributed by atoms with van der Waals surface area (Å²) in [5.74, 6) is -0.994. The summed E-state index contributed by atoms with van der Waals surface area (Å²) in [6.45, 7) is 4.73. The molecule has 0 unspecified atom stereocenters. The van der Waals surface area contributed by atoms with Gasteiger partial charge in [-0.2, -0.15) is 0 Å². The van der Waals surface area contributed by atoms with E-state index in [9.17, 15) is 4.79 Å². The van der Waals surface area contributed by atoms with Gasteiger partial charge in [-0.25, -0.2) is 4.79 Å². The minimum atomic E-state index is -0.994. The van der Waals surface area contributed by atoms with E-state index < -0.39 is 11.6 Å². The molecule has 0 atom stereocenters. The van der Waals surface area contributed by atoms with Gasteiger partial charge in [0, 0.05) is 0 Å². The summed E-state index contributed by atoms with van der Waals surface area (Å²) in [6.07, 6.45) is 0. The highest BCUT2D eigenvalue weighted by atomic mass is 16.6. The van der Waals surface area contributed by atoms with E-state index in [1.165, 1.54) is 0 Å². The average Bonchev–Trinajstić information content (AvgIpc) is 3.03. The van der Waals surface area contributed by atoms with Gasteiger partial charge in [0.1, 0.15) is 12.2 Å². The Morgan fingerprint density at radius 2 is 0.738 bits per heavy atom. The Labute approximate surface area is 248 Å². The molecule has 3 aromatic carbocycles. The maximum absolute atomic E-state index is 10.3. The van der Waals surface area contributed by atoms with Gasteiger partial charge in [-0.15, -0.1) is 0 Å². The van der Waals surface area contributed by atoms with Gasteiger partial charge in [0.15, 0.2) is 0 Å². The Bertz CT molecular complexity index is 984. The molecule has 0 fully saturated rings. The van der Waals surface area contributed by atoms with Gasteiger partial charge in [0.25, 0.3) is 0 Å². The summed E-state index contributed by atoms with van der Waals surface area (Å²) in [7, 11) is 0. The predicted octanol–water partition coefficient (Wildman–Crippen LogP) is 4.18. The van der Waals surface area contributed by atoms with E-state index >= 15 is 0 Å². The van der Waals surface area contributed by atoms with Crippen molar-refractivity contribution in [2.45, 2.75) is 5.60 Å². The zero-order valence-corrected chi connectivity index (χ0v) is 24.1. The fraction of sp³-hybridized carbons (Fsp3) is 0.424. The summed E-state index contributed by atoms with van der Waals surface area (Å²) in [5.41, 5.74) is 2.43. The number of carboxylic acid groups (broad SMARTS) is 1. The molecule has 0 saturated carbocycles. The summed E-state index contributed by atoms with van der Waals surface area (Å²) in [6, 6.07) is 30.8. The normalized spacial score (nSPS) is 11.5. The van der Waals surface area contributed by atoms with Crippen molar-refractivity contribution in [3.05, 3.63) is 108 Å². The van der Waals surface area contributed by atoms with Crippen molar-refractivity contribution in [3.8, 4) is 0 Å². The molecule has 42 heavy (non-hydrogen) atoms. The highest BCUT2D eigenvalue weighted by Crippen LogP contribution is 2.40. The van der Waals surface area contributed by atoms with E-state index in [1.54, 1.807) is 0 Å². The first-order chi connectivity index (χ1) is 20.7. The van der Waals surface area contributed by atoms with Crippen LogP contribution in [0.15, 0.2) is 91.0 Å². The van der Waals surface area contributed by atoms with Crippen molar-refractivity contribution in [2.75, 3.05) is 85.9 Å². The quantitative estimate of drug-likeness (QED) is 0.123. The smallest absolute Gasteiger partial charge is 0.329 e. The Kier molecular flexibility index (Phi) is 16.4. The van der Waals surface area contributed by atoms with Crippen LogP contribution in [-0.4, -0.2) is 97.0 Å². The third kappa shape index (κ3) is 12.0. The maximum atomic E-state index is 10.3. The number of hydrogen-bond donors (Lipinski definition) is 1. The van der Waals surface area contributed by atoms with Crippen molar-refractivity contribution in [1.29, 1.82) is 0 Å². The monoisotopic (exact) mass is 582 g/mol. The molecular formula is C33H42O9. The number of aliphatic carboxylic acids is 1. The van der Waals surface area contributed by atoms with E-state index in [0.717, 1.165) is 16.7 Å². The Morgan fingerprint density at radius 3 is 1.05 bits per heavy atom. The van der Waals surface area contributed by atoms with Crippen LogP contribution in [0.1, 0.15) is 16.7 Å². The molecule has 0 aliphatic heterocycles. The first kappa shape index (κ1) is 33.4. The lowest BCUT2D eigenvalue weighted by Gasteiger charge is -2.36. The molecule has 0 aliphatic rings. The molecule has 3 rings (SSSR count). The van der Waals surface area contributed by atoms with Crippen molar-refractivity contribution < 1.29 is 43.1 Å². The highest BCUT2D eigenvalue weighted by molar-refractivity contribution is 5.67. The second kappa shape index (κ2) is 20.7. The molecule has 0 saturated heterocycles. The Hall–Kier alpha value is -3.15. The van der Waals surface area contributed by atoms with Crippen LogP contribution in [0.4, 0.5) is 0 Å². The maximum Gasteiger partial charge on any atom is 0.329 e. The van der Waals surface area contributed by atoms with Crippen LogP contribution in [0.3, 0.4) is 0 Å². The van der Waals surface area contributed by atoms with Crippen LogP contribution < -0.4 is 0 Å². The minimum Gasteiger partial charge on any atom is -0.480 e. The average molecular weight is 583 g/mol. The minimum absolute atomic E-state index is 0.242. The standard InChI is InChI=1S/C33H42O9/c34-32(35)28-41-25-24-39-21-20-37-17-16-36-18-19-38-22-23-40-26-27-42-33(29-10-4-1-5-11-29,30-12-6-2-7-13-30)31-14-8-3-9-15-31/h1-15H,16-28H2,(H,34,35). The Balaban J connectivity index is 1.27. The van der Waals surface area contributed by atoms with Crippen molar-refractivity contribution in [1.82, 2.24) is 0 Å². The van der Waals surface area contributed by atoms with Gasteiger partial charge in [0.05, 0.1) is 79.3 Å². The molecule has 9 heteroatoms. The van der Waals surface area contributed by atoms with Crippen LogP contribution in [-0.2, 0) is 43.6 Å². The highest BCUT2D eigenvalue weighted by Gasteiger charge is 2.37. The van der Waals surface area contributed by atoms with Crippen LogP contribution in [0, 0.1) is 0 Å². The fourth-order valence-corrected chi connectivity index (χ4v) is 4.28. The number of ether oxygens (including phenoxy) is 7. The zero-order valence-electron chi connectivity index (χ0n) is 24.1. The van der Waals surface area contributed by atoms with Crippen LogP contribution in [0.5, 0.6) is 0 Å². The largest absolute Gasteiger partial charge is 0.480 e. The van der Waals surface area contributed by atoms with Gasteiger partial charge in [-0.05, 0) is 16.7 Å². The molecule has 0 bridgehead atoms. The molecule has 9 nitrogen and oxygen atoms in total. The molecule has 0 amide bonds. The summed E-state index contributed by atoms with van der Waals surface area (Å²) in [5, 5.41) is 8.46. The van der Waals surface area contributed by atoms with Gasteiger partial charge in [0.2, 0.25) is 0 Å². The number of rotatable bonds is 24. The third-order valence-corrected chi connectivity index (χ3v) is 6.17. The van der Waals surface area contributed by atoms with E-state index in [2.05, 4.69) is 36.4 Å². The fourth-order valence-electron chi connectivity index (χ4n) is 4.28. The van der Waals surface area contributed by atoms with E-state index in [-0.39, 0.29) is 13.2 Å². The predicted molar refractivity (Wildman–Crippen MR) is 158 cm³/mol. The van der Waals surface area contributed by atoms with Crippen molar-refractivity contribution in [3.63, 3.8) is 0 Å². The molecule has 3 aromatic rings. The molecule has 0 heterocycles. The van der Waals surface area contributed by atoms with Crippen molar-refractivity contribution in [2.24, 2.45) is 0 Å². The van der Waals surface area contributed by atoms with Gasteiger partial charge >= 0.3 is 5.97 Å². The lowest BCUT2D eigenvalue weighted by Crippen LogP contribution is -2.34. The van der Waals surface area contributed by atoms with E-state index in [0.29, 0.717) is 72.7 Å². The molecular weight excluding hydrogens is 540 g/mol. The van der Waals surface area contributed by atoms with Crippen LogP contribution >= 0.6 is 0 Å². The second-order valence-corrected chi connectivity index (χ2v) is 9.14. The van der Waals surface area contributed by atoms with Gasteiger partial charge < -0.3 is 38.3 Å². The molecule has 1 N–H and O–H groups in total. The SMILES string of the molecule is O=C(O)COCCOCCOCCOCCOCCOCCOC(c1ccccc1)(c1ccccc1)c1ccccc1. The number of carbonyl (C=O) groups is 1. The molecule has 0 spiro atoms. The number of carboxylic acids is 1. The Morgan fingerprint density at radius 1 is 0.452 bits per heavy atom. The second-order valence-electron chi connectivity index (χ2n) is 9.14. The summed E-state index contributed by atoms with van der Waals surface area (Å²) >= 11 is 0. The topological polar surface area (TPSA) is 102 Å². The molecule has 0 aromatic heterocycles. The molecule has 0 radical (unpaired) electrons. The number of benzene rings is 3. The lowest BCUT2D eigenvalue weighted by atomic mass is 9.80. The van der Waals surface area contributed by atoms with E-state index in [1.807, 2.05) is 54.6 Å². The third-order valence-electron chi connectivity index (χ3n) is 6.17. The molecule has 0 aliphatic carbocycles. The molecule has 228 valence electrons. The summed E-state index contributed by atoms with van der Waals surface area (Å²) in [4.78, 5) is 10.3. The lowest BCUT2D eigenvalue weighted by molar-refractivity contribution is -0.142. The first-order valence-corrected chi connectivity index (χ1v) is 14.2.